The van der Waals surface area contributed by atoms with E-state index in [2.05, 4.69) is 5.32 Å². The van der Waals surface area contributed by atoms with Gasteiger partial charge < -0.3 is 19.5 Å². The van der Waals surface area contributed by atoms with E-state index in [9.17, 15) is 24.5 Å². The van der Waals surface area contributed by atoms with Crippen LogP contribution < -0.4 is 5.32 Å². The predicted octanol–water partition coefficient (Wildman–Crippen LogP) is 2.11. The van der Waals surface area contributed by atoms with Crippen molar-refractivity contribution in [2.75, 3.05) is 20.3 Å². The molecule has 0 amide bonds. The molecule has 10 heteroatoms. The van der Waals surface area contributed by atoms with Crippen LogP contribution in [0.15, 0.2) is 46.8 Å². The van der Waals surface area contributed by atoms with E-state index in [-0.39, 0.29) is 41.3 Å². The van der Waals surface area contributed by atoms with Crippen molar-refractivity contribution in [1.29, 1.82) is 0 Å². The van der Waals surface area contributed by atoms with Crippen molar-refractivity contribution in [1.82, 2.24) is 5.32 Å². The first kappa shape index (κ1) is 22.6. The van der Waals surface area contributed by atoms with Gasteiger partial charge in [0.05, 0.1) is 41.4 Å². The maximum atomic E-state index is 12.9. The number of dihydropyridines is 1. The Bertz CT molecular complexity index is 948. The standard InChI is InChI=1S/C20H22N2O8/c1-5-29-20(25)18-14(10-30-12(3)23)21-11(2)16(19(24)28-4)17(18)13-8-6-7-9-15(13)22(26)27/h6-9,17,21H,5,10H2,1-4H3. The first-order valence-corrected chi connectivity index (χ1v) is 9.05. The molecule has 0 radical (unpaired) electrons. The number of nitro groups is 1. The molecule has 1 N–H and O–H groups in total. The molecule has 0 fully saturated rings. The second kappa shape index (κ2) is 9.68. The summed E-state index contributed by atoms with van der Waals surface area (Å²) in [6.07, 6.45) is 0. The topological polar surface area (TPSA) is 134 Å². The summed E-state index contributed by atoms with van der Waals surface area (Å²) >= 11 is 0. The normalized spacial score (nSPS) is 15.9. The number of benzene rings is 1. The highest BCUT2D eigenvalue weighted by Crippen LogP contribution is 2.42. The summed E-state index contributed by atoms with van der Waals surface area (Å²) in [7, 11) is 1.17. The van der Waals surface area contributed by atoms with Crippen LogP contribution in [0, 0.1) is 10.1 Å². The van der Waals surface area contributed by atoms with E-state index in [1.54, 1.807) is 19.9 Å². The van der Waals surface area contributed by atoms with Crippen LogP contribution in [-0.4, -0.2) is 43.2 Å². The zero-order chi connectivity index (χ0) is 22.4. The average molecular weight is 418 g/mol. The van der Waals surface area contributed by atoms with Gasteiger partial charge in [-0.25, -0.2) is 9.59 Å². The molecule has 0 bridgehead atoms. The van der Waals surface area contributed by atoms with Crippen LogP contribution in [0.4, 0.5) is 5.69 Å². The smallest absolute Gasteiger partial charge is 0.336 e. The molecule has 0 saturated heterocycles. The SMILES string of the molecule is CCOC(=O)C1=C(COC(C)=O)NC(C)=C(C(=O)OC)C1c1ccccc1[N+](=O)[O-]. The van der Waals surface area contributed by atoms with Gasteiger partial charge in [0.15, 0.2) is 0 Å². The molecule has 1 aromatic carbocycles. The number of allylic oxidation sites excluding steroid dienone is 1. The van der Waals surface area contributed by atoms with Crippen LogP contribution in [-0.2, 0) is 28.6 Å². The third-order valence-corrected chi connectivity index (χ3v) is 4.41. The van der Waals surface area contributed by atoms with E-state index in [1.165, 1.54) is 32.2 Å². The first-order chi connectivity index (χ1) is 14.2. The zero-order valence-corrected chi connectivity index (χ0v) is 17.0. The predicted molar refractivity (Wildman–Crippen MR) is 104 cm³/mol. The number of ether oxygens (including phenoxy) is 3. The molecule has 1 unspecified atom stereocenters. The van der Waals surface area contributed by atoms with E-state index in [1.807, 2.05) is 0 Å². The molecular formula is C20H22N2O8. The van der Waals surface area contributed by atoms with Gasteiger partial charge in [-0.3, -0.25) is 14.9 Å². The fourth-order valence-corrected chi connectivity index (χ4v) is 3.22. The van der Waals surface area contributed by atoms with Crippen LogP contribution in [0.2, 0.25) is 0 Å². The number of nitro benzene ring substituents is 1. The Labute approximate surface area is 172 Å². The maximum absolute atomic E-state index is 12.9. The number of hydrogen-bond donors (Lipinski definition) is 1. The quantitative estimate of drug-likeness (QED) is 0.306. The lowest BCUT2D eigenvalue weighted by Crippen LogP contribution is -2.35. The third-order valence-electron chi connectivity index (χ3n) is 4.41. The van der Waals surface area contributed by atoms with E-state index in [0.717, 1.165) is 0 Å². The number of nitrogens with one attached hydrogen (secondary N) is 1. The molecule has 160 valence electrons. The van der Waals surface area contributed by atoms with Crippen molar-refractivity contribution in [2.45, 2.75) is 26.7 Å². The Kier molecular flexibility index (Phi) is 7.29. The van der Waals surface area contributed by atoms with Gasteiger partial charge in [0.25, 0.3) is 5.69 Å². The molecule has 0 spiro atoms. The van der Waals surface area contributed by atoms with Crippen molar-refractivity contribution < 1.29 is 33.5 Å². The summed E-state index contributed by atoms with van der Waals surface area (Å²) in [6, 6.07) is 5.76. The van der Waals surface area contributed by atoms with Crippen LogP contribution in [0.5, 0.6) is 0 Å². The van der Waals surface area contributed by atoms with Gasteiger partial charge in [-0.1, -0.05) is 18.2 Å². The Morgan fingerprint density at radius 2 is 1.80 bits per heavy atom. The van der Waals surface area contributed by atoms with Gasteiger partial charge in [0, 0.05) is 24.3 Å². The number of hydrogen-bond acceptors (Lipinski definition) is 9. The molecule has 0 saturated carbocycles. The van der Waals surface area contributed by atoms with Crippen LogP contribution in [0.1, 0.15) is 32.3 Å². The first-order valence-electron chi connectivity index (χ1n) is 9.05. The van der Waals surface area contributed by atoms with Crippen molar-refractivity contribution in [3.8, 4) is 0 Å². The van der Waals surface area contributed by atoms with Gasteiger partial charge in [0.2, 0.25) is 0 Å². The Balaban J connectivity index is 2.81. The summed E-state index contributed by atoms with van der Waals surface area (Å²) in [5.41, 5.74) is 0.233. The number of carbonyl (C=O) groups excluding carboxylic acids is 3. The van der Waals surface area contributed by atoms with E-state index in [4.69, 9.17) is 14.2 Å². The summed E-state index contributed by atoms with van der Waals surface area (Å²) in [5, 5.41) is 14.5. The van der Waals surface area contributed by atoms with Gasteiger partial charge in [0.1, 0.15) is 6.61 Å². The fourth-order valence-electron chi connectivity index (χ4n) is 3.22. The highest BCUT2D eigenvalue weighted by atomic mass is 16.6. The number of nitrogens with zero attached hydrogens (tertiary/aromatic N) is 1. The molecule has 0 aromatic heterocycles. The van der Waals surface area contributed by atoms with Gasteiger partial charge in [-0.05, 0) is 13.8 Å². The van der Waals surface area contributed by atoms with Gasteiger partial charge in [-0.2, -0.15) is 0 Å². The largest absolute Gasteiger partial charge is 0.466 e. The molecule has 0 aliphatic carbocycles. The van der Waals surface area contributed by atoms with E-state index < -0.39 is 28.7 Å². The summed E-state index contributed by atoms with van der Waals surface area (Å²) in [4.78, 5) is 47.8. The minimum Gasteiger partial charge on any atom is -0.466 e. The Morgan fingerprint density at radius 3 is 2.37 bits per heavy atom. The van der Waals surface area contributed by atoms with Crippen LogP contribution >= 0.6 is 0 Å². The van der Waals surface area contributed by atoms with E-state index in [0.29, 0.717) is 5.70 Å². The third kappa shape index (κ3) is 4.65. The minimum atomic E-state index is -1.16. The molecule has 30 heavy (non-hydrogen) atoms. The molecule has 10 nitrogen and oxygen atoms in total. The Hall–Kier alpha value is -3.69. The van der Waals surface area contributed by atoms with Crippen molar-refractivity contribution in [2.24, 2.45) is 0 Å². The van der Waals surface area contributed by atoms with E-state index >= 15 is 0 Å². The summed E-state index contributed by atoms with van der Waals surface area (Å²) < 4.78 is 15.0. The molecule has 1 aliphatic rings. The number of esters is 3. The fraction of sp³-hybridized carbons (Fsp3) is 0.350. The Morgan fingerprint density at radius 1 is 1.13 bits per heavy atom. The number of carbonyl (C=O) groups is 3. The molecule has 1 heterocycles. The van der Waals surface area contributed by atoms with Gasteiger partial charge in [-0.15, -0.1) is 0 Å². The molecular weight excluding hydrogens is 396 g/mol. The molecule has 1 aromatic rings. The lowest BCUT2D eigenvalue weighted by atomic mass is 9.79. The lowest BCUT2D eigenvalue weighted by molar-refractivity contribution is -0.385. The molecule has 1 aliphatic heterocycles. The molecule has 2 rings (SSSR count). The number of para-hydroxylation sites is 1. The number of methoxy groups -OCH3 is 1. The van der Waals surface area contributed by atoms with Crippen LogP contribution in [0.25, 0.3) is 0 Å². The maximum Gasteiger partial charge on any atom is 0.336 e. The highest BCUT2D eigenvalue weighted by molar-refractivity contribution is 6.00. The average Bonchev–Trinajstić information content (AvgIpc) is 2.71. The number of rotatable bonds is 7. The van der Waals surface area contributed by atoms with Crippen LogP contribution in [0.3, 0.4) is 0 Å². The minimum absolute atomic E-state index is 0.0152. The second-order valence-electron chi connectivity index (χ2n) is 6.30. The zero-order valence-electron chi connectivity index (χ0n) is 17.0. The molecule has 1 atom stereocenters. The van der Waals surface area contributed by atoms with Crippen molar-refractivity contribution >= 4 is 23.6 Å². The summed E-state index contributed by atoms with van der Waals surface area (Å²) in [6.45, 7) is 4.08. The second-order valence-corrected chi connectivity index (χ2v) is 6.30. The monoisotopic (exact) mass is 418 g/mol. The van der Waals surface area contributed by atoms with Crippen molar-refractivity contribution in [3.63, 3.8) is 0 Å². The lowest BCUT2D eigenvalue weighted by Gasteiger charge is -2.30. The van der Waals surface area contributed by atoms with Crippen molar-refractivity contribution in [3.05, 3.63) is 62.5 Å². The highest BCUT2D eigenvalue weighted by Gasteiger charge is 2.41. The summed E-state index contributed by atoms with van der Waals surface area (Å²) in [5.74, 6) is -3.32. The van der Waals surface area contributed by atoms with Gasteiger partial charge >= 0.3 is 17.9 Å².